The number of amides is 1. The molecule has 0 aliphatic carbocycles. The molecule has 0 aliphatic heterocycles. The van der Waals surface area contributed by atoms with Gasteiger partial charge in [-0.1, -0.05) is 45.8 Å². The van der Waals surface area contributed by atoms with Gasteiger partial charge in [-0.25, -0.2) is 5.43 Å². The molecule has 0 aromatic heterocycles. The molecule has 4 heteroatoms. The molecule has 0 radical (unpaired) electrons. The second kappa shape index (κ2) is 6.29. The van der Waals surface area contributed by atoms with Crippen molar-refractivity contribution in [3.8, 4) is 0 Å². The molecule has 2 rings (SSSR count). The van der Waals surface area contributed by atoms with E-state index in [0.717, 1.165) is 10.0 Å². The molecular formula is C15H13BrN2O. The smallest absolute Gasteiger partial charge is 0.267 e. The van der Waals surface area contributed by atoms with E-state index in [-0.39, 0.29) is 5.91 Å². The van der Waals surface area contributed by atoms with Gasteiger partial charge in [0.15, 0.2) is 0 Å². The van der Waals surface area contributed by atoms with Crippen LogP contribution in [0.4, 0.5) is 0 Å². The van der Waals surface area contributed by atoms with E-state index in [0.29, 0.717) is 5.56 Å². The first kappa shape index (κ1) is 13.5. The number of carbonyl (C=O) groups is 1. The second-order valence-electron chi connectivity index (χ2n) is 4.12. The van der Waals surface area contributed by atoms with Crippen molar-refractivity contribution in [1.29, 1.82) is 0 Å². The average molecular weight is 317 g/mol. The minimum Gasteiger partial charge on any atom is -0.267 e. The van der Waals surface area contributed by atoms with E-state index < -0.39 is 0 Å². The molecule has 0 atom stereocenters. The van der Waals surface area contributed by atoms with Gasteiger partial charge in [-0.3, -0.25) is 4.79 Å². The molecule has 0 heterocycles. The van der Waals surface area contributed by atoms with Crippen molar-refractivity contribution in [2.24, 2.45) is 5.10 Å². The number of carbonyl (C=O) groups excluding carboxylic acids is 1. The number of hydrogen-bond acceptors (Lipinski definition) is 2. The van der Waals surface area contributed by atoms with Crippen LogP contribution in [-0.2, 0) is 0 Å². The number of hydrazone groups is 1. The zero-order chi connectivity index (χ0) is 13.7. The molecule has 2 aromatic carbocycles. The monoisotopic (exact) mass is 316 g/mol. The summed E-state index contributed by atoms with van der Waals surface area (Å²) in [6, 6.07) is 15.0. The summed E-state index contributed by atoms with van der Waals surface area (Å²) in [5.41, 5.74) is 5.21. The highest BCUT2D eigenvalue weighted by molar-refractivity contribution is 9.10. The van der Waals surface area contributed by atoms with Gasteiger partial charge in [-0.05, 0) is 36.8 Å². The molecule has 1 N–H and O–H groups in total. The minimum atomic E-state index is -0.226. The van der Waals surface area contributed by atoms with Crippen molar-refractivity contribution >= 4 is 28.1 Å². The van der Waals surface area contributed by atoms with Crippen LogP contribution < -0.4 is 5.43 Å². The molecule has 1 amide bonds. The van der Waals surface area contributed by atoms with Gasteiger partial charge in [-0.2, -0.15) is 5.10 Å². The largest absolute Gasteiger partial charge is 0.271 e. The van der Waals surface area contributed by atoms with Crippen LogP contribution in [0.2, 0.25) is 0 Å². The number of nitrogens with one attached hydrogen (secondary N) is 1. The fourth-order valence-electron chi connectivity index (χ4n) is 1.48. The lowest BCUT2D eigenvalue weighted by atomic mass is 10.2. The summed E-state index contributed by atoms with van der Waals surface area (Å²) in [5, 5.41) is 3.93. The zero-order valence-corrected chi connectivity index (χ0v) is 12.0. The number of nitrogens with zero attached hydrogens (tertiary/aromatic N) is 1. The molecule has 3 nitrogen and oxygen atoms in total. The standard InChI is InChI=1S/C15H13BrN2O/c1-11-2-4-12(5-3-11)10-17-18-15(19)13-6-8-14(16)9-7-13/h2-10H,1H3,(H,18,19). The average Bonchev–Trinajstić information content (AvgIpc) is 2.41. The van der Waals surface area contributed by atoms with Gasteiger partial charge >= 0.3 is 0 Å². The number of rotatable bonds is 3. The summed E-state index contributed by atoms with van der Waals surface area (Å²) < 4.78 is 0.937. The Morgan fingerprint density at radius 1 is 1.11 bits per heavy atom. The molecule has 19 heavy (non-hydrogen) atoms. The lowest BCUT2D eigenvalue weighted by molar-refractivity contribution is 0.0955. The first-order valence-electron chi connectivity index (χ1n) is 5.81. The zero-order valence-electron chi connectivity index (χ0n) is 10.4. The van der Waals surface area contributed by atoms with Crippen LogP contribution in [-0.4, -0.2) is 12.1 Å². The number of hydrogen-bond donors (Lipinski definition) is 1. The Balaban J connectivity index is 1.96. The van der Waals surface area contributed by atoms with Gasteiger partial charge in [0.05, 0.1) is 6.21 Å². The summed E-state index contributed by atoms with van der Waals surface area (Å²) >= 11 is 3.32. The van der Waals surface area contributed by atoms with E-state index in [1.165, 1.54) is 5.56 Å². The van der Waals surface area contributed by atoms with E-state index in [9.17, 15) is 4.79 Å². The third-order valence-corrected chi connectivity index (χ3v) is 3.09. The normalized spacial score (nSPS) is 10.6. The van der Waals surface area contributed by atoms with E-state index in [1.807, 2.05) is 43.3 Å². The Morgan fingerprint density at radius 2 is 1.74 bits per heavy atom. The van der Waals surface area contributed by atoms with E-state index >= 15 is 0 Å². The number of benzene rings is 2. The molecule has 0 bridgehead atoms. The third-order valence-electron chi connectivity index (χ3n) is 2.56. The van der Waals surface area contributed by atoms with Gasteiger partial charge in [0.2, 0.25) is 0 Å². The Bertz CT molecular complexity index is 589. The highest BCUT2D eigenvalue weighted by atomic mass is 79.9. The van der Waals surface area contributed by atoms with Gasteiger partial charge in [0.25, 0.3) is 5.91 Å². The number of halogens is 1. The van der Waals surface area contributed by atoms with Crippen molar-refractivity contribution in [2.45, 2.75) is 6.92 Å². The predicted octanol–water partition coefficient (Wildman–Crippen LogP) is 3.52. The number of aryl methyl sites for hydroxylation is 1. The molecule has 0 saturated carbocycles. The fourth-order valence-corrected chi connectivity index (χ4v) is 1.75. The van der Waals surface area contributed by atoms with Crippen LogP contribution >= 0.6 is 15.9 Å². The molecule has 2 aromatic rings. The van der Waals surface area contributed by atoms with Crippen molar-refractivity contribution in [3.05, 3.63) is 69.7 Å². The van der Waals surface area contributed by atoms with Crippen molar-refractivity contribution in [1.82, 2.24) is 5.43 Å². The molecule has 0 spiro atoms. The second-order valence-corrected chi connectivity index (χ2v) is 5.03. The minimum absolute atomic E-state index is 0.226. The summed E-state index contributed by atoms with van der Waals surface area (Å²) in [4.78, 5) is 11.8. The lowest BCUT2D eigenvalue weighted by Crippen LogP contribution is -2.17. The highest BCUT2D eigenvalue weighted by Crippen LogP contribution is 2.10. The van der Waals surface area contributed by atoms with Gasteiger partial charge in [0, 0.05) is 10.0 Å². The van der Waals surface area contributed by atoms with Crippen LogP contribution in [0, 0.1) is 6.92 Å². The molecule has 0 fully saturated rings. The SMILES string of the molecule is Cc1ccc(C=NNC(=O)c2ccc(Br)cc2)cc1. The van der Waals surface area contributed by atoms with Crippen LogP contribution in [0.3, 0.4) is 0 Å². The Morgan fingerprint density at radius 3 is 2.37 bits per heavy atom. The quantitative estimate of drug-likeness (QED) is 0.683. The van der Waals surface area contributed by atoms with Crippen molar-refractivity contribution in [3.63, 3.8) is 0 Å². The summed E-state index contributed by atoms with van der Waals surface area (Å²) in [5.74, 6) is -0.226. The maximum absolute atomic E-state index is 11.8. The van der Waals surface area contributed by atoms with Gasteiger partial charge in [-0.15, -0.1) is 0 Å². The fraction of sp³-hybridized carbons (Fsp3) is 0.0667. The van der Waals surface area contributed by atoms with Crippen LogP contribution in [0.25, 0.3) is 0 Å². The summed E-state index contributed by atoms with van der Waals surface area (Å²) in [6.07, 6.45) is 1.62. The molecule has 96 valence electrons. The lowest BCUT2D eigenvalue weighted by Gasteiger charge is -2.00. The molecule has 0 unspecified atom stereocenters. The summed E-state index contributed by atoms with van der Waals surface area (Å²) in [6.45, 7) is 2.02. The predicted molar refractivity (Wildman–Crippen MR) is 80.4 cm³/mol. The van der Waals surface area contributed by atoms with Gasteiger partial charge in [0.1, 0.15) is 0 Å². The Hall–Kier alpha value is -1.94. The topological polar surface area (TPSA) is 41.5 Å². The summed E-state index contributed by atoms with van der Waals surface area (Å²) in [7, 11) is 0. The molecule has 0 saturated heterocycles. The first-order valence-corrected chi connectivity index (χ1v) is 6.60. The third kappa shape index (κ3) is 4.03. The van der Waals surface area contributed by atoms with Crippen molar-refractivity contribution in [2.75, 3.05) is 0 Å². The first-order chi connectivity index (χ1) is 9.15. The highest BCUT2D eigenvalue weighted by Gasteiger charge is 2.02. The van der Waals surface area contributed by atoms with Crippen LogP contribution in [0.1, 0.15) is 21.5 Å². The van der Waals surface area contributed by atoms with E-state index in [2.05, 4.69) is 26.5 Å². The van der Waals surface area contributed by atoms with E-state index in [1.54, 1.807) is 18.3 Å². The molecular weight excluding hydrogens is 304 g/mol. The Labute approximate surface area is 120 Å². The van der Waals surface area contributed by atoms with E-state index in [4.69, 9.17) is 0 Å². The van der Waals surface area contributed by atoms with Crippen LogP contribution in [0.15, 0.2) is 58.1 Å². The molecule has 0 aliphatic rings. The Kier molecular flexibility index (Phi) is 4.47. The maximum atomic E-state index is 11.8. The van der Waals surface area contributed by atoms with Crippen LogP contribution in [0.5, 0.6) is 0 Å². The van der Waals surface area contributed by atoms with Crippen molar-refractivity contribution < 1.29 is 4.79 Å². The maximum Gasteiger partial charge on any atom is 0.271 e. The van der Waals surface area contributed by atoms with Gasteiger partial charge < -0.3 is 0 Å².